The molecule has 102 valence electrons. The van der Waals surface area contributed by atoms with E-state index in [0.29, 0.717) is 12.1 Å². The van der Waals surface area contributed by atoms with Crippen LogP contribution in [0, 0.1) is 0 Å². The third-order valence-electron chi connectivity index (χ3n) is 2.38. The zero-order valence-electron chi connectivity index (χ0n) is 8.85. The SMILES string of the molecule is O=c1[nH]c2cc(C(F)(F)C(F)(F)F)ccc2c(=O)o1. The van der Waals surface area contributed by atoms with E-state index in [-0.39, 0.29) is 5.39 Å². The van der Waals surface area contributed by atoms with E-state index in [0.717, 1.165) is 6.07 Å². The second-order valence-electron chi connectivity index (χ2n) is 3.63. The highest BCUT2D eigenvalue weighted by Crippen LogP contribution is 2.44. The summed E-state index contributed by atoms with van der Waals surface area (Å²) in [6.07, 6.45) is -5.78. The molecule has 0 aliphatic heterocycles. The third-order valence-corrected chi connectivity index (χ3v) is 2.38. The van der Waals surface area contributed by atoms with Gasteiger partial charge in [-0.15, -0.1) is 0 Å². The topological polar surface area (TPSA) is 63.1 Å². The Morgan fingerprint density at radius 1 is 1.05 bits per heavy atom. The molecule has 1 N–H and O–H groups in total. The maximum absolute atomic E-state index is 13.1. The first kappa shape index (κ1) is 13.2. The van der Waals surface area contributed by atoms with Crippen LogP contribution in [0.2, 0.25) is 0 Å². The first-order valence-electron chi connectivity index (χ1n) is 4.75. The Morgan fingerprint density at radius 2 is 1.68 bits per heavy atom. The predicted octanol–water partition coefficient (Wildman–Crippen LogP) is 2.14. The van der Waals surface area contributed by atoms with E-state index in [1.54, 1.807) is 0 Å². The summed E-state index contributed by atoms with van der Waals surface area (Å²) in [4.78, 5) is 23.9. The lowest BCUT2D eigenvalue weighted by Crippen LogP contribution is -2.33. The molecule has 0 saturated heterocycles. The summed E-state index contributed by atoms with van der Waals surface area (Å²) in [5, 5.41) is -0.304. The summed E-state index contributed by atoms with van der Waals surface area (Å²) in [7, 11) is 0. The normalized spacial score (nSPS) is 12.9. The van der Waals surface area contributed by atoms with Gasteiger partial charge in [0, 0.05) is 5.56 Å². The van der Waals surface area contributed by atoms with Gasteiger partial charge in [0.15, 0.2) is 0 Å². The van der Waals surface area contributed by atoms with E-state index in [9.17, 15) is 31.5 Å². The van der Waals surface area contributed by atoms with Crippen molar-refractivity contribution >= 4 is 10.9 Å². The quantitative estimate of drug-likeness (QED) is 0.814. The Balaban J connectivity index is 2.73. The Bertz CT molecular complexity index is 743. The molecule has 0 unspecified atom stereocenters. The number of fused-ring (bicyclic) bond motifs is 1. The van der Waals surface area contributed by atoms with Crippen molar-refractivity contribution in [3.8, 4) is 0 Å². The number of hydrogen-bond acceptors (Lipinski definition) is 3. The monoisotopic (exact) mass is 281 g/mol. The second kappa shape index (κ2) is 3.90. The molecule has 0 bridgehead atoms. The van der Waals surface area contributed by atoms with E-state index < -0.39 is 34.6 Å². The summed E-state index contributed by atoms with van der Waals surface area (Å²) < 4.78 is 66.8. The van der Waals surface area contributed by atoms with Crippen molar-refractivity contribution in [3.63, 3.8) is 0 Å². The molecule has 4 nitrogen and oxygen atoms in total. The van der Waals surface area contributed by atoms with Gasteiger partial charge < -0.3 is 4.42 Å². The van der Waals surface area contributed by atoms with Gasteiger partial charge in [0.05, 0.1) is 10.9 Å². The van der Waals surface area contributed by atoms with Crippen LogP contribution in [0.4, 0.5) is 22.0 Å². The summed E-state index contributed by atoms with van der Waals surface area (Å²) >= 11 is 0. The van der Waals surface area contributed by atoms with Crippen molar-refractivity contribution in [2.45, 2.75) is 12.1 Å². The fourth-order valence-corrected chi connectivity index (χ4v) is 1.46. The molecule has 19 heavy (non-hydrogen) atoms. The van der Waals surface area contributed by atoms with Crippen molar-refractivity contribution in [1.82, 2.24) is 4.98 Å². The highest BCUT2D eigenvalue weighted by Gasteiger charge is 2.58. The minimum absolute atomic E-state index is 0.304. The van der Waals surface area contributed by atoms with Crippen molar-refractivity contribution in [2.75, 3.05) is 0 Å². The van der Waals surface area contributed by atoms with Crippen LogP contribution in [0.3, 0.4) is 0 Å². The predicted molar refractivity (Wildman–Crippen MR) is 53.1 cm³/mol. The molecule has 0 fully saturated rings. The Labute approximate surface area is 100 Å². The summed E-state index contributed by atoms with van der Waals surface area (Å²) in [5.74, 6) is -6.33. The standard InChI is InChI=1S/C10H4F5NO3/c11-9(12,10(13,14)15)4-1-2-5-6(3-4)16-8(18)19-7(5)17/h1-3H,(H,16,18). The minimum Gasteiger partial charge on any atom is -0.372 e. The van der Waals surface area contributed by atoms with Crippen LogP contribution in [0.1, 0.15) is 5.56 Å². The van der Waals surface area contributed by atoms with Gasteiger partial charge in [0.1, 0.15) is 0 Å². The third kappa shape index (κ3) is 2.11. The molecule has 1 aromatic heterocycles. The molecular weight excluding hydrogens is 277 g/mol. The number of aromatic amines is 1. The lowest BCUT2D eigenvalue weighted by atomic mass is 10.1. The van der Waals surface area contributed by atoms with Crippen molar-refractivity contribution < 1.29 is 26.4 Å². The van der Waals surface area contributed by atoms with Crippen molar-refractivity contribution in [3.05, 3.63) is 44.7 Å². The molecule has 9 heteroatoms. The number of halogens is 5. The Kier molecular flexibility index (Phi) is 2.72. The van der Waals surface area contributed by atoms with Crippen LogP contribution in [0.5, 0.6) is 0 Å². The summed E-state index contributed by atoms with van der Waals surface area (Å²) in [6, 6.07) is 1.57. The second-order valence-corrected chi connectivity index (χ2v) is 3.63. The lowest BCUT2D eigenvalue weighted by Gasteiger charge is -2.19. The zero-order chi connectivity index (χ0) is 14.4. The van der Waals surface area contributed by atoms with E-state index in [4.69, 9.17) is 0 Å². The zero-order valence-corrected chi connectivity index (χ0v) is 8.85. The molecule has 1 heterocycles. The molecule has 0 spiro atoms. The molecule has 2 aromatic rings. The molecule has 0 saturated carbocycles. The number of aromatic nitrogens is 1. The molecule has 0 radical (unpaired) electrons. The van der Waals surface area contributed by atoms with Crippen molar-refractivity contribution in [2.24, 2.45) is 0 Å². The number of hydrogen-bond donors (Lipinski definition) is 1. The van der Waals surface area contributed by atoms with Crippen LogP contribution < -0.4 is 11.4 Å². The van der Waals surface area contributed by atoms with Crippen LogP contribution in [0.25, 0.3) is 10.9 Å². The van der Waals surface area contributed by atoms with Gasteiger partial charge in [-0.3, -0.25) is 4.98 Å². The Hall–Kier alpha value is -2.19. The molecule has 0 aliphatic rings. The van der Waals surface area contributed by atoms with E-state index in [1.165, 1.54) is 0 Å². The minimum atomic E-state index is -5.78. The maximum atomic E-state index is 13.1. The van der Waals surface area contributed by atoms with Gasteiger partial charge >= 0.3 is 23.5 Å². The fourth-order valence-electron chi connectivity index (χ4n) is 1.46. The van der Waals surface area contributed by atoms with E-state index in [1.807, 2.05) is 4.98 Å². The van der Waals surface area contributed by atoms with Crippen LogP contribution >= 0.6 is 0 Å². The van der Waals surface area contributed by atoms with Crippen molar-refractivity contribution in [1.29, 1.82) is 0 Å². The highest BCUT2D eigenvalue weighted by atomic mass is 19.4. The van der Waals surface area contributed by atoms with Crippen LogP contribution in [-0.4, -0.2) is 11.2 Å². The lowest BCUT2D eigenvalue weighted by molar-refractivity contribution is -0.289. The molecule has 0 aliphatic carbocycles. The summed E-state index contributed by atoms with van der Waals surface area (Å²) in [5.41, 5.74) is -2.96. The number of benzene rings is 1. The molecule has 1 aromatic carbocycles. The van der Waals surface area contributed by atoms with Gasteiger partial charge in [0.2, 0.25) is 0 Å². The average molecular weight is 281 g/mol. The highest BCUT2D eigenvalue weighted by molar-refractivity contribution is 5.77. The van der Waals surface area contributed by atoms with Gasteiger partial charge in [-0.05, 0) is 12.1 Å². The number of nitrogens with one attached hydrogen (secondary N) is 1. The molecular formula is C10H4F5NO3. The van der Waals surface area contributed by atoms with E-state index in [2.05, 4.69) is 4.42 Å². The molecule has 2 rings (SSSR count). The first-order valence-corrected chi connectivity index (χ1v) is 4.75. The molecule has 0 atom stereocenters. The fraction of sp³-hybridized carbons (Fsp3) is 0.200. The maximum Gasteiger partial charge on any atom is 0.458 e. The van der Waals surface area contributed by atoms with Gasteiger partial charge in [-0.2, -0.15) is 22.0 Å². The van der Waals surface area contributed by atoms with E-state index >= 15 is 0 Å². The van der Waals surface area contributed by atoms with Gasteiger partial charge in [-0.1, -0.05) is 6.07 Å². The average Bonchev–Trinajstić information content (AvgIpc) is 2.26. The van der Waals surface area contributed by atoms with Gasteiger partial charge in [-0.25, -0.2) is 9.59 Å². The summed E-state index contributed by atoms with van der Waals surface area (Å²) in [6.45, 7) is 0. The van der Waals surface area contributed by atoms with Gasteiger partial charge in [0.25, 0.3) is 0 Å². The number of H-pyrrole nitrogens is 1. The number of rotatable bonds is 1. The largest absolute Gasteiger partial charge is 0.458 e. The first-order chi connectivity index (χ1) is 8.63. The Morgan fingerprint density at radius 3 is 2.26 bits per heavy atom. The van der Waals surface area contributed by atoms with Crippen LogP contribution in [0.15, 0.2) is 32.2 Å². The number of alkyl halides is 5. The van der Waals surface area contributed by atoms with Crippen LogP contribution in [-0.2, 0) is 5.92 Å². The smallest absolute Gasteiger partial charge is 0.372 e. The molecule has 0 amide bonds.